The maximum absolute atomic E-state index is 13.1. The van der Waals surface area contributed by atoms with Gasteiger partial charge in [-0.15, -0.1) is 0 Å². The number of rotatable bonds is 4. The third-order valence-electron chi connectivity index (χ3n) is 2.54. The zero-order chi connectivity index (χ0) is 15.4. The lowest BCUT2D eigenvalue weighted by Gasteiger charge is -2.10. The molecule has 8 heteroatoms. The van der Waals surface area contributed by atoms with E-state index >= 15 is 0 Å². The fraction of sp³-hybridized carbons (Fsp3) is 0.0769. The second-order valence-electron chi connectivity index (χ2n) is 4.00. The number of amides is 2. The van der Waals surface area contributed by atoms with Gasteiger partial charge in [-0.05, 0) is 18.2 Å². The van der Waals surface area contributed by atoms with Crippen LogP contribution in [0.1, 0.15) is 16.1 Å². The Balaban J connectivity index is 2.09. The predicted octanol–water partition coefficient (Wildman–Crippen LogP) is 2.58. The Morgan fingerprint density at radius 3 is 2.57 bits per heavy atom. The lowest BCUT2D eigenvalue weighted by molar-refractivity contribution is 0.0697. The first-order valence-corrected chi connectivity index (χ1v) is 5.77. The summed E-state index contributed by atoms with van der Waals surface area (Å²) in [5.74, 6) is -3.58. The molecule has 2 rings (SSSR count). The third kappa shape index (κ3) is 3.56. The van der Waals surface area contributed by atoms with Crippen molar-refractivity contribution in [1.29, 1.82) is 0 Å². The van der Waals surface area contributed by atoms with Crippen LogP contribution in [0.5, 0.6) is 0 Å². The Hall–Kier alpha value is -2.90. The molecule has 0 unspecified atom stereocenters. The number of halogens is 2. The van der Waals surface area contributed by atoms with Crippen LogP contribution in [-0.2, 0) is 6.54 Å². The van der Waals surface area contributed by atoms with E-state index in [1.165, 1.54) is 6.26 Å². The summed E-state index contributed by atoms with van der Waals surface area (Å²) >= 11 is 0. The smallest absolute Gasteiger partial charge is 0.337 e. The van der Waals surface area contributed by atoms with Crippen molar-refractivity contribution in [1.82, 2.24) is 5.32 Å². The van der Waals surface area contributed by atoms with Gasteiger partial charge >= 0.3 is 12.0 Å². The van der Waals surface area contributed by atoms with Crippen LogP contribution < -0.4 is 10.6 Å². The Kier molecular flexibility index (Phi) is 4.17. The molecule has 21 heavy (non-hydrogen) atoms. The molecule has 1 aromatic heterocycles. The van der Waals surface area contributed by atoms with Crippen molar-refractivity contribution in [3.63, 3.8) is 0 Å². The molecule has 0 aliphatic rings. The van der Waals surface area contributed by atoms with E-state index in [4.69, 9.17) is 9.52 Å². The average Bonchev–Trinajstić information content (AvgIpc) is 2.93. The first kappa shape index (κ1) is 14.5. The zero-order valence-electron chi connectivity index (χ0n) is 10.5. The van der Waals surface area contributed by atoms with E-state index in [9.17, 15) is 18.4 Å². The number of carbonyl (C=O) groups excluding carboxylic acids is 1. The fourth-order valence-corrected chi connectivity index (χ4v) is 1.57. The second kappa shape index (κ2) is 6.04. The molecule has 1 heterocycles. The number of carboxylic acids is 1. The minimum atomic E-state index is -1.49. The van der Waals surface area contributed by atoms with Crippen LogP contribution in [0.3, 0.4) is 0 Å². The van der Waals surface area contributed by atoms with Crippen LogP contribution in [0, 0.1) is 11.6 Å². The van der Waals surface area contributed by atoms with Gasteiger partial charge in [0.05, 0.1) is 24.1 Å². The Morgan fingerprint density at radius 2 is 1.95 bits per heavy atom. The summed E-state index contributed by atoms with van der Waals surface area (Å²) in [5, 5.41) is 13.4. The Morgan fingerprint density at radius 1 is 1.24 bits per heavy atom. The average molecular weight is 296 g/mol. The highest BCUT2D eigenvalue weighted by molar-refractivity contribution is 6.00. The molecule has 1 aromatic carbocycles. The van der Waals surface area contributed by atoms with E-state index < -0.39 is 29.2 Å². The van der Waals surface area contributed by atoms with Gasteiger partial charge in [-0.2, -0.15) is 0 Å². The molecule has 6 nitrogen and oxygen atoms in total. The standard InChI is InChI=1S/C13H10F2N2O4/c14-9-4-8(12(18)19)11(5-10(9)15)17-13(20)16-6-7-2-1-3-21-7/h1-5H,6H2,(H,18,19)(H2,16,17,20). The van der Waals surface area contributed by atoms with Crippen LogP contribution in [0.2, 0.25) is 0 Å². The molecule has 0 saturated carbocycles. The molecule has 110 valence electrons. The number of hydrogen-bond acceptors (Lipinski definition) is 3. The van der Waals surface area contributed by atoms with Gasteiger partial charge in [0.15, 0.2) is 11.6 Å². The maximum Gasteiger partial charge on any atom is 0.337 e. The highest BCUT2D eigenvalue weighted by atomic mass is 19.2. The SMILES string of the molecule is O=C(NCc1ccco1)Nc1cc(F)c(F)cc1C(=O)O. The van der Waals surface area contributed by atoms with Crippen molar-refractivity contribution in [3.8, 4) is 0 Å². The van der Waals surface area contributed by atoms with Gasteiger partial charge in [0, 0.05) is 6.07 Å². The minimum absolute atomic E-state index is 0.0604. The first-order valence-electron chi connectivity index (χ1n) is 5.77. The predicted molar refractivity (Wildman–Crippen MR) is 67.9 cm³/mol. The van der Waals surface area contributed by atoms with Crippen LogP contribution >= 0.6 is 0 Å². The Bertz CT molecular complexity index is 671. The largest absolute Gasteiger partial charge is 0.478 e. The normalized spacial score (nSPS) is 10.2. The number of nitrogens with one attached hydrogen (secondary N) is 2. The number of aromatic carboxylic acids is 1. The molecule has 0 aliphatic heterocycles. The maximum atomic E-state index is 13.1. The quantitative estimate of drug-likeness (QED) is 0.808. The molecule has 2 aromatic rings. The topological polar surface area (TPSA) is 91.6 Å². The number of hydrogen-bond donors (Lipinski definition) is 3. The molecule has 0 atom stereocenters. The summed E-state index contributed by atoms with van der Waals surface area (Å²) in [4.78, 5) is 22.5. The van der Waals surface area contributed by atoms with E-state index in [1.54, 1.807) is 12.1 Å². The number of urea groups is 1. The van der Waals surface area contributed by atoms with Gasteiger partial charge in [0.2, 0.25) is 0 Å². The monoisotopic (exact) mass is 296 g/mol. The van der Waals surface area contributed by atoms with Crippen LogP contribution in [0.4, 0.5) is 19.3 Å². The molecule has 0 spiro atoms. The number of carboxylic acid groups (broad SMARTS) is 1. The molecular formula is C13H10F2N2O4. The molecule has 0 fully saturated rings. The van der Waals surface area contributed by atoms with E-state index in [1.807, 2.05) is 0 Å². The van der Waals surface area contributed by atoms with E-state index in [-0.39, 0.29) is 12.2 Å². The summed E-state index contributed by atoms with van der Waals surface area (Å²) in [6.07, 6.45) is 1.42. The van der Waals surface area contributed by atoms with Crippen molar-refractivity contribution >= 4 is 17.7 Å². The van der Waals surface area contributed by atoms with Crippen molar-refractivity contribution < 1.29 is 27.9 Å². The minimum Gasteiger partial charge on any atom is -0.478 e. The molecule has 0 aliphatic carbocycles. The summed E-state index contributed by atoms with van der Waals surface area (Å²) < 4.78 is 31.1. The number of benzene rings is 1. The highest BCUT2D eigenvalue weighted by Gasteiger charge is 2.17. The van der Waals surface area contributed by atoms with E-state index in [2.05, 4.69) is 10.6 Å². The summed E-state index contributed by atoms with van der Waals surface area (Å²) in [7, 11) is 0. The third-order valence-corrected chi connectivity index (χ3v) is 2.54. The summed E-state index contributed by atoms with van der Waals surface area (Å²) in [5.41, 5.74) is -0.902. The van der Waals surface area contributed by atoms with Gasteiger partial charge in [0.1, 0.15) is 5.76 Å². The highest BCUT2D eigenvalue weighted by Crippen LogP contribution is 2.20. The lowest BCUT2D eigenvalue weighted by Crippen LogP contribution is -2.29. The zero-order valence-corrected chi connectivity index (χ0v) is 10.5. The van der Waals surface area contributed by atoms with Gasteiger partial charge in [-0.25, -0.2) is 18.4 Å². The van der Waals surface area contributed by atoms with Gasteiger partial charge < -0.3 is 20.2 Å². The van der Waals surface area contributed by atoms with Crippen LogP contribution in [-0.4, -0.2) is 17.1 Å². The van der Waals surface area contributed by atoms with Crippen LogP contribution in [0.15, 0.2) is 34.9 Å². The second-order valence-corrected chi connectivity index (χ2v) is 4.00. The molecule has 0 radical (unpaired) electrons. The molecular weight excluding hydrogens is 286 g/mol. The molecule has 0 bridgehead atoms. The van der Waals surface area contributed by atoms with E-state index in [0.29, 0.717) is 17.9 Å². The van der Waals surface area contributed by atoms with Gasteiger partial charge in [-0.1, -0.05) is 0 Å². The van der Waals surface area contributed by atoms with Crippen molar-refractivity contribution in [2.45, 2.75) is 6.54 Å². The Labute approximate surface area is 117 Å². The van der Waals surface area contributed by atoms with Crippen molar-refractivity contribution in [2.75, 3.05) is 5.32 Å². The molecule has 3 N–H and O–H groups in total. The summed E-state index contributed by atoms with van der Waals surface area (Å²) in [6.45, 7) is 0.0604. The number of anilines is 1. The van der Waals surface area contributed by atoms with Gasteiger partial charge in [-0.3, -0.25) is 0 Å². The summed E-state index contributed by atoms with van der Waals surface area (Å²) in [6, 6.07) is 3.58. The van der Waals surface area contributed by atoms with Crippen molar-refractivity contribution in [3.05, 3.63) is 53.5 Å². The van der Waals surface area contributed by atoms with Crippen molar-refractivity contribution in [2.24, 2.45) is 0 Å². The van der Waals surface area contributed by atoms with E-state index in [0.717, 1.165) is 0 Å². The number of furan rings is 1. The lowest BCUT2D eigenvalue weighted by atomic mass is 10.1. The number of carbonyl (C=O) groups is 2. The fourth-order valence-electron chi connectivity index (χ4n) is 1.57. The molecule has 2 amide bonds. The van der Waals surface area contributed by atoms with Crippen LogP contribution in [0.25, 0.3) is 0 Å². The van der Waals surface area contributed by atoms with Gasteiger partial charge in [0.25, 0.3) is 0 Å². The first-order chi connectivity index (χ1) is 9.97. The molecule has 0 saturated heterocycles.